The fraction of sp³-hybridized carbons (Fsp3) is 0.480. The summed E-state index contributed by atoms with van der Waals surface area (Å²) in [6, 6.07) is 8.25. The standard InChI is InChI=1S/C25H31N5O2/c1-16-27-14-22(30(16)2)19-7-8-20-13-28-24(12-21(20)11-19)29-25(31)18-5-3-17(4-6-18)23-15-26-9-10-32-23/h7-8,11-14,17-18,23,26H,3-6,9-10,15H2,1-2H3,(H,28,29,31). The number of morpholine rings is 1. The van der Waals surface area contributed by atoms with E-state index in [-0.39, 0.29) is 11.8 Å². The van der Waals surface area contributed by atoms with Gasteiger partial charge in [0.1, 0.15) is 11.6 Å². The lowest BCUT2D eigenvalue weighted by atomic mass is 9.78. The zero-order valence-electron chi connectivity index (χ0n) is 18.8. The Morgan fingerprint density at radius 3 is 2.69 bits per heavy atom. The Hall–Kier alpha value is -2.77. The second-order valence-corrected chi connectivity index (χ2v) is 9.10. The summed E-state index contributed by atoms with van der Waals surface area (Å²) in [5.74, 6) is 2.27. The van der Waals surface area contributed by atoms with Crippen LogP contribution in [0.25, 0.3) is 22.0 Å². The average Bonchev–Trinajstić information content (AvgIpc) is 3.17. The second kappa shape index (κ2) is 9.00. The third-order valence-electron chi connectivity index (χ3n) is 7.11. The molecule has 3 heterocycles. The molecule has 2 aliphatic rings. The van der Waals surface area contributed by atoms with Crippen molar-refractivity contribution >= 4 is 22.5 Å². The number of benzene rings is 1. The molecule has 3 aromatic rings. The molecule has 5 rings (SSSR count). The quantitative estimate of drug-likeness (QED) is 0.656. The number of imidazole rings is 1. The highest BCUT2D eigenvalue weighted by Crippen LogP contribution is 2.33. The molecule has 1 unspecified atom stereocenters. The predicted molar refractivity (Wildman–Crippen MR) is 125 cm³/mol. The Bertz CT molecular complexity index is 1110. The van der Waals surface area contributed by atoms with Crippen molar-refractivity contribution in [3.63, 3.8) is 0 Å². The van der Waals surface area contributed by atoms with Crippen molar-refractivity contribution in [3.05, 3.63) is 42.5 Å². The summed E-state index contributed by atoms with van der Waals surface area (Å²) >= 11 is 0. The Morgan fingerprint density at radius 1 is 1.12 bits per heavy atom. The van der Waals surface area contributed by atoms with Crippen molar-refractivity contribution in [3.8, 4) is 11.3 Å². The maximum absolute atomic E-state index is 12.9. The van der Waals surface area contributed by atoms with Gasteiger partial charge in [0.05, 0.1) is 24.6 Å². The minimum atomic E-state index is 0.0454. The third-order valence-corrected chi connectivity index (χ3v) is 7.11. The van der Waals surface area contributed by atoms with Crippen LogP contribution >= 0.6 is 0 Å². The molecule has 0 radical (unpaired) electrons. The van der Waals surface area contributed by atoms with E-state index < -0.39 is 0 Å². The zero-order chi connectivity index (χ0) is 22.1. The van der Waals surface area contributed by atoms with Gasteiger partial charge in [-0.05, 0) is 56.0 Å². The van der Waals surface area contributed by atoms with Gasteiger partial charge in [0.25, 0.3) is 0 Å². The van der Waals surface area contributed by atoms with Crippen molar-refractivity contribution in [1.82, 2.24) is 19.9 Å². The molecule has 1 saturated carbocycles. The van der Waals surface area contributed by atoms with Gasteiger partial charge in [-0.15, -0.1) is 0 Å². The van der Waals surface area contributed by atoms with Gasteiger partial charge in [0, 0.05) is 43.2 Å². The number of nitrogens with zero attached hydrogens (tertiary/aromatic N) is 3. The lowest BCUT2D eigenvalue weighted by Crippen LogP contribution is -2.44. The molecular weight excluding hydrogens is 402 g/mol. The van der Waals surface area contributed by atoms with Crippen molar-refractivity contribution in [1.29, 1.82) is 0 Å². The number of anilines is 1. The van der Waals surface area contributed by atoms with E-state index >= 15 is 0 Å². The highest BCUT2D eigenvalue weighted by Gasteiger charge is 2.32. The van der Waals surface area contributed by atoms with Crippen LogP contribution in [0.2, 0.25) is 0 Å². The monoisotopic (exact) mass is 433 g/mol. The SMILES string of the molecule is Cc1ncc(-c2ccc3cnc(NC(=O)C4CCC(C5CNCCO5)CC4)cc3c2)n1C. The summed E-state index contributed by atoms with van der Waals surface area (Å²) in [5.41, 5.74) is 2.17. The van der Waals surface area contributed by atoms with Crippen LogP contribution in [-0.2, 0) is 16.6 Å². The number of carbonyl (C=O) groups excluding carboxylic acids is 1. The first-order chi connectivity index (χ1) is 15.6. The number of hydrogen-bond donors (Lipinski definition) is 2. The summed E-state index contributed by atoms with van der Waals surface area (Å²) in [5, 5.41) is 8.58. The van der Waals surface area contributed by atoms with Gasteiger partial charge in [-0.3, -0.25) is 4.79 Å². The van der Waals surface area contributed by atoms with Gasteiger partial charge in [-0.25, -0.2) is 9.97 Å². The number of nitrogens with one attached hydrogen (secondary N) is 2. The highest BCUT2D eigenvalue weighted by atomic mass is 16.5. The zero-order valence-corrected chi connectivity index (χ0v) is 18.8. The molecular formula is C25H31N5O2. The normalized spacial score (nSPS) is 23.9. The lowest BCUT2D eigenvalue weighted by molar-refractivity contribution is -0.121. The number of hydrogen-bond acceptors (Lipinski definition) is 5. The summed E-state index contributed by atoms with van der Waals surface area (Å²) in [4.78, 5) is 21.8. The number of ether oxygens (including phenoxy) is 1. The van der Waals surface area contributed by atoms with Crippen molar-refractivity contribution < 1.29 is 9.53 Å². The molecule has 1 amide bonds. The van der Waals surface area contributed by atoms with E-state index in [0.29, 0.717) is 17.8 Å². The maximum Gasteiger partial charge on any atom is 0.228 e. The van der Waals surface area contributed by atoms with Gasteiger partial charge >= 0.3 is 0 Å². The van der Waals surface area contributed by atoms with Crippen LogP contribution in [-0.4, -0.2) is 46.2 Å². The number of pyridine rings is 1. The molecule has 1 aliphatic heterocycles. The molecule has 2 aromatic heterocycles. The number of carbonyl (C=O) groups is 1. The van der Waals surface area contributed by atoms with Crippen LogP contribution in [0, 0.1) is 18.8 Å². The van der Waals surface area contributed by atoms with Crippen LogP contribution in [0.5, 0.6) is 0 Å². The average molecular weight is 434 g/mol. The Balaban J connectivity index is 1.25. The first kappa shape index (κ1) is 21.1. The Morgan fingerprint density at radius 2 is 1.97 bits per heavy atom. The Labute approximate surface area is 188 Å². The summed E-state index contributed by atoms with van der Waals surface area (Å²) in [6.07, 6.45) is 7.93. The minimum Gasteiger partial charge on any atom is -0.375 e. The van der Waals surface area contributed by atoms with Gasteiger partial charge in [-0.2, -0.15) is 0 Å². The van der Waals surface area contributed by atoms with Crippen LogP contribution in [0.3, 0.4) is 0 Å². The summed E-state index contributed by atoms with van der Waals surface area (Å²) in [6.45, 7) is 4.66. The van der Waals surface area contributed by atoms with E-state index in [2.05, 4.69) is 43.4 Å². The molecule has 1 atom stereocenters. The molecule has 7 heteroatoms. The molecule has 1 aromatic carbocycles. The van der Waals surface area contributed by atoms with Crippen molar-refractivity contribution in [2.24, 2.45) is 18.9 Å². The predicted octanol–water partition coefficient (Wildman–Crippen LogP) is 3.68. The van der Waals surface area contributed by atoms with Crippen molar-refractivity contribution in [2.45, 2.75) is 38.7 Å². The van der Waals surface area contributed by atoms with E-state index in [1.165, 1.54) is 0 Å². The van der Waals surface area contributed by atoms with Gasteiger partial charge in [0.15, 0.2) is 0 Å². The van der Waals surface area contributed by atoms with E-state index in [0.717, 1.165) is 73.2 Å². The second-order valence-electron chi connectivity index (χ2n) is 9.10. The highest BCUT2D eigenvalue weighted by molar-refractivity contribution is 5.95. The molecule has 1 aliphatic carbocycles. The number of aromatic nitrogens is 3. The van der Waals surface area contributed by atoms with E-state index in [4.69, 9.17) is 4.74 Å². The van der Waals surface area contributed by atoms with Crippen LogP contribution in [0.15, 0.2) is 36.7 Å². The van der Waals surface area contributed by atoms with Gasteiger partial charge < -0.3 is 19.9 Å². The fourth-order valence-corrected chi connectivity index (χ4v) is 5.01. The van der Waals surface area contributed by atoms with E-state index in [9.17, 15) is 4.79 Å². The van der Waals surface area contributed by atoms with Gasteiger partial charge in [-0.1, -0.05) is 12.1 Å². The lowest BCUT2D eigenvalue weighted by Gasteiger charge is -2.35. The number of aryl methyl sites for hydroxylation is 1. The maximum atomic E-state index is 12.9. The largest absolute Gasteiger partial charge is 0.375 e. The van der Waals surface area contributed by atoms with Gasteiger partial charge in [0.2, 0.25) is 5.91 Å². The molecule has 0 spiro atoms. The fourth-order valence-electron chi connectivity index (χ4n) is 5.01. The molecule has 0 bridgehead atoms. The van der Waals surface area contributed by atoms with E-state index in [1.807, 2.05) is 32.4 Å². The number of amides is 1. The molecule has 168 valence electrons. The topological polar surface area (TPSA) is 81.1 Å². The van der Waals surface area contributed by atoms with Crippen LogP contribution in [0.4, 0.5) is 5.82 Å². The summed E-state index contributed by atoms with van der Waals surface area (Å²) in [7, 11) is 2.02. The first-order valence-electron chi connectivity index (χ1n) is 11.6. The van der Waals surface area contributed by atoms with Crippen molar-refractivity contribution in [2.75, 3.05) is 25.0 Å². The molecule has 2 N–H and O–H groups in total. The minimum absolute atomic E-state index is 0.0454. The number of fused-ring (bicyclic) bond motifs is 1. The molecule has 7 nitrogen and oxygen atoms in total. The molecule has 32 heavy (non-hydrogen) atoms. The smallest absolute Gasteiger partial charge is 0.228 e. The number of rotatable bonds is 4. The molecule has 2 fully saturated rings. The third kappa shape index (κ3) is 4.27. The van der Waals surface area contributed by atoms with E-state index in [1.54, 1.807) is 0 Å². The Kier molecular flexibility index (Phi) is 5.93. The summed E-state index contributed by atoms with van der Waals surface area (Å²) < 4.78 is 8.00. The first-order valence-corrected chi connectivity index (χ1v) is 11.6. The molecule has 1 saturated heterocycles. The van der Waals surface area contributed by atoms with Crippen LogP contribution < -0.4 is 10.6 Å². The van der Waals surface area contributed by atoms with Crippen LogP contribution in [0.1, 0.15) is 31.5 Å².